The Kier molecular flexibility index (Phi) is 2.94. The van der Waals surface area contributed by atoms with E-state index in [1.807, 2.05) is 0 Å². The van der Waals surface area contributed by atoms with Gasteiger partial charge in [0, 0.05) is 42.2 Å². The van der Waals surface area contributed by atoms with Gasteiger partial charge in [-0.3, -0.25) is 14.9 Å². The number of nitrogens with zero attached hydrogens (tertiary/aromatic N) is 3. The normalized spacial score (nSPS) is 13.9. The number of aromatic carboxylic acids is 1. The Labute approximate surface area is 114 Å². The molecule has 1 aliphatic heterocycles. The van der Waals surface area contributed by atoms with Crippen LogP contribution in [0, 0.1) is 0 Å². The minimum atomic E-state index is -1.08. The Morgan fingerprint density at radius 3 is 2.75 bits per heavy atom. The van der Waals surface area contributed by atoms with Gasteiger partial charge in [0.2, 0.25) is 0 Å². The molecular weight excluding hydrogens is 260 g/mol. The van der Waals surface area contributed by atoms with Gasteiger partial charge in [-0.05, 0) is 12.1 Å². The van der Waals surface area contributed by atoms with Crippen LogP contribution >= 0.6 is 0 Å². The van der Waals surface area contributed by atoms with Gasteiger partial charge in [-0.15, -0.1) is 0 Å². The second-order valence-electron chi connectivity index (χ2n) is 4.55. The van der Waals surface area contributed by atoms with Crippen molar-refractivity contribution in [3.05, 3.63) is 47.0 Å². The predicted molar refractivity (Wildman–Crippen MR) is 68.2 cm³/mol. The molecule has 7 heteroatoms. The quantitative estimate of drug-likeness (QED) is 0.838. The highest BCUT2D eigenvalue weighted by Crippen LogP contribution is 2.21. The lowest BCUT2D eigenvalue weighted by atomic mass is 10.0. The van der Waals surface area contributed by atoms with Gasteiger partial charge >= 0.3 is 5.97 Å². The van der Waals surface area contributed by atoms with Crippen molar-refractivity contribution in [1.29, 1.82) is 0 Å². The highest BCUT2D eigenvalue weighted by atomic mass is 16.4. The van der Waals surface area contributed by atoms with Crippen molar-refractivity contribution in [2.24, 2.45) is 0 Å². The number of carbonyl (C=O) groups excluding carboxylic acids is 1. The Balaban J connectivity index is 1.87. The first-order chi connectivity index (χ1) is 9.66. The number of amides is 1. The lowest BCUT2D eigenvalue weighted by molar-refractivity contribution is 0.0674. The number of H-pyrrole nitrogens is 1. The van der Waals surface area contributed by atoms with Crippen molar-refractivity contribution >= 4 is 11.9 Å². The molecule has 0 saturated heterocycles. The molecule has 0 bridgehead atoms. The summed E-state index contributed by atoms with van der Waals surface area (Å²) < 4.78 is 0. The molecule has 2 N–H and O–H groups in total. The summed E-state index contributed by atoms with van der Waals surface area (Å²) in [6.07, 6.45) is 3.69. The summed E-state index contributed by atoms with van der Waals surface area (Å²) in [4.78, 5) is 28.9. The molecule has 20 heavy (non-hydrogen) atoms. The molecule has 1 aliphatic rings. The molecule has 3 heterocycles. The largest absolute Gasteiger partial charge is 0.476 e. The van der Waals surface area contributed by atoms with Crippen LogP contribution in [0.3, 0.4) is 0 Å². The fraction of sp³-hybridized carbons (Fsp3) is 0.231. The molecule has 0 fully saturated rings. The summed E-state index contributed by atoms with van der Waals surface area (Å²) in [5, 5.41) is 15.6. The maximum atomic E-state index is 12.3. The van der Waals surface area contributed by atoms with Gasteiger partial charge in [0.05, 0.1) is 6.54 Å². The van der Waals surface area contributed by atoms with Gasteiger partial charge in [0.1, 0.15) is 0 Å². The molecule has 0 unspecified atom stereocenters. The van der Waals surface area contributed by atoms with Gasteiger partial charge in [0.25, 0.3) is 5.91 Å². The van der Waals surface area contributed by atoms with Gasteiger partial charge in [-0.2, -0.15) is 5.10 Å². The van der Waals surface area contributed by atoms with Crippen LogP contribution in [0.2, 0.25) is 0 Å². The first-order valence-electron chi connectivity index (χ1n) is 6.15. The highest BCUT2D eigenvalue weighted by molar-refractivity contribution is 5.94. The smallest absolute Gasteiger partial charge is 0.356 e. The Morgan fingerprint density at radius 2 is 2.05 bits per heavy atom. The van der Waals surface area contributed by atoms with E-state index in [0.29, 0.717) is 24.1 Å². The zero-order chi connectivity index (χ0) is 14.1. The fourth-order valence-electron chi connectivity index (χ4n) is 2.32. The predicted octanol–water partition coefficient (Wildman–Crippen LogP) is 0.701. The van der Waals surface area contributed by atoms with Crippen LogP contribution in [0.1, 0.15) is 32.1 Å². The zero-order valence-corrected chi connectivity index (χ0v) is 10.5. The average Bonchev–Trinajstić information content (AvgIpc) is 2.90. The molecular formula is C13H12N4O3. The van der Waals surface area contributed by atoms with Crippen LogP contribution in [-0.4, -0.2) is 43.6 Å². The number of pyridine rings is 1. The number of rotatable bonds is 2. The SMILES string of the molecule is O=C(O)c1n[nH]c2c1CN(C(=O)c1ccncc1)CC2. The molecule has 2 aromatic rings. The summed E-state index contributed by atoms with van der Waals surface area (Å²) >= 11 is 0. The summed E-state index contributed by atoms with van der Waals surface area (Å²) in [6, 6.07) is 3.29. The van der Waals surface area contributed by atoms with E-state index in [1.54, 1.807) is 29.4 Å². The van der Waals surface area contributed by atoms with E-state index in [4.69, 9.17) is 5.11 Å². The lowest BCUT2D eigenvalue weighted by Crippen LogP contribution is -2.36. The number of nitrogens with one attached hydrogen (secondary N) is 1. The molecule has 1 amide bonds. The Bertz CT molecular complexity index is 666. The molecule has 7 nitrogen and oxygen atoms in total. The van der Waals surface area contributed by atoms with Gasteiger partial charge in [-0.25, -0.2) is 4.79 Å². The average molecular weight is 272 g/mol. The number of hydrogen-bond acceptors (Lipinski definition) is 4. The second-order valence-corrected chi connectivity index (χ2v) is 4.55. The van der Waals surface area contributed by atoms with Crippen molar-refractivity contribution in [2.75, 3.05) is 6.54 Å². The second kappa shape index (κ2) is 4.76. The first-order valence-corrected chi connectivity index (χ1v) is 6.15. The minimum Gasteiger partial charge on any atom is -0.476 e. The Hall–Kier alpha value is -2.70. The van der Waals surface area contributed by atoms with Gasteiger partial charge < -0.3 is 10.0 Å². The molecule has 0 saturated carbocycles. The van der Waals surface area contributed by atoms with Crippen molar-refractivity contribution < 1.29 is 14.7 Å². The summed E-state index contributed by atoms with van der Waals surface area (Å²) in [6.45, 7) is 0.796. The molecule has 2 aromatic heterocycles. The van der Waals surface area contributed by atoms with E-state index in [0.717, 1.165) is 5.69 Å². The maximum absolute atomic E-state index is 12.3. The van der Waals surface area contributed by atoms with Crippen LogP contribution in [0.15, 0.2) is 24.5 Å². The zero-order valence-electron chi connectivity index (χ0n) is 10.5. The molecule has 0 aliphatic carbocycles. The van der Waals surface area contributed by atoms with Crippen LogP contribution in [-0.2, 0) is 13.0 Å². The monoisotopic (exact) mass is 272 g/mol. The molecule has 0 radical (unpaired) electrons. The highest BCUT2D eigenvalue weighted by Gasteiger charge is 2.27. The number of carboxylic acids is 1. The number of aromatic amines is 1. The lowest BCUT2D eigenvalue weighted by Gasteiger charge is -2.26. The summed E-state index contributed by atoms with van der Waals surface area (Å²) in [5.41, 5.74) is 1.92. The van der Waals surface area contributed by atoms with E-state index in [1.165, 1.54) is 0 Å². The third-order valence-electron chi connectivity index (χ3n) is 3.35. The maximum Gasteiger partial charge on any atom is 0.356 e. The van der Waals surface area contributed by atoms with Gasteiger partial charge in [-0.1, -0.05) is 0 Å². The number of aromatic nitrogens is 3. The molecule has 0 spiro atoms. The van der Waals surface area contributed by atoms with E-state index >= 15 is 0 Å². The standard InChI is InChI=1S/C13H12N4O3/c18-12(8-1-4-14-5-2-8)17-6-3-10-9(7-17)11(13(19)20)16-15-10/h1-2,4-5H,3,6-7H2,(H,15,16)(H,19,20). The van der Waals surface area contributed by atoms with Crippen LogP contribution in [0.25, 0.3) is 0 Å². The first kappa shape index (κ1) is 12.3. The number of fused-ring (bicyclic) bond motifs is 1. The van der Waals surface area contributed by atoms with E-state index < -0.39 is 5.97 Å². The number of carboxylic acid groups (broad SMARTS) is 1. The van der Waals surface area contributed by atoms with E-state index in [9.17, 15) is 9.59 Å². The topological polar surface area (TPSA) is 99.2 Å². The van der Waals surface area contributed by atoms with E-state index in [-0.39, 0.29) is 18.1 Å². The number of hydrogen-bond donors (Lipinski definition) is 2. The molecule has 0 aromatic carbocycles. The van der Waals surface area contributed by atoms with E-state index in [2.05, 4.69) is 15.2 Å². The summed E-state index contributed by atoms with van der Waals surface area (Å²) in [7, 11) is 0. The number of carbonyl (C=O) groups is 2. The van der Waals surface area contributed by atoms with Crippen molar-refractivity contribution in [1.82, 2.24) is 20.1 Å². The third kappa shape index (κ3) is 2.03. The van der Waals surface area contributed by atoms with Crippen molar-refractivity contribution in [3.8, 4) is 0 Å². The summed E-state index contributed by atoms with van der Waals surface area (Å²) in [5.74, 6) is -1.21. The van der Waals surface area contributed by atoms with Crippen LogP contribution in [0.5, 0.6) is 0 Å². The van der Waals surface area contributed by atoms with Crippen molar-refractivity contribution in [3.63, 3.8) is 0 Å². The Morgan fingerprint density at radius 1 is 1.30 bits per heavy atom. The third-order valence-corrected chi connectivity index (χ3v) is 3.35. The minimum absolute atomic E-state index is 0.00720. The fourth-order valence-corrected chi connectivity index (χ4v) is 2.32. The molecule has 102 valence electrons. The van der Waals surface area contributed by atoms with Crippen molar-refractivity contribution in [2.45, 2.75) is 13.0 Å². The van der Waals surface area contributed by atoms with Gasteiger partial charge in [0.15, 0.2) is 5.69 Å². The van der Waals surface area contributed by atoms with Crippen LogP contribution < -0.4 is 0 Å². The molecule has 3 rings (SSSR count). The molecule has 0 atom stereocenters. The van der Waals surface area contributed by atoms with Crippen LogP contribution in [0.4, 0.5) is 0 Å².